The summed E-state index contributed by atoms with van der Waals surface area (Å²) < 4.78 is 10.4. The van der Waals surface area contributed by atoms with Crippen molar-refractivity contribution in [1.29, 1.82) is 0 Å². The Labute approximate surface area is 131 Å². The second-order valence-corrected chi connectivity index (χ2v) is 5.34. The molecule has 0 bridgehead atoms. The van der Waals surface area contributed by atoms with Crippen LogP contribution in [0.4, 0.5) is 0 Å². The molecule has 0 heterocycles. The zero-order valence-corrected chi connectivity index (χ0v) is 13.6. The van der Waals surface area contributed by atoms with E-state index in [0.29, 0.717) is 24.5 Å². The topological polar surface area (TPSA) is 76.7 Å². The SMILES string of the molecule is COc1ccc(CNC(=O)CNC(=O)CC(C)C)cc1OC. The standard InChI is InChI=1S/C16H24N2O4/c1-11(2)7-15(19)18-10-16(20)17-9-12-5-6-13(21-3)14(8-12)22-4/h5-6,8,11H,7,9-10H2,1-4H3,(H,17,20)(H,18,19). The molecule has 22 heavy (non-hydrogen) atoms. The van der Waals surface area contributed by atoms with Gasteiger partial charge in [0, 0.05) is 13.0 Å². The highest BCUT2D eigenvalue weighted by atomic mass is 16.5. The van der Waals surface area contributed by atoms with Gasteiger partial charge in [-0.1, -0.05) is 19.9 Å². The van der Waals surface area contributed by atoms with E-state index >= 15 is 0 Å². The monoisotopic (exact) mass is 308 g/mol. The van der Waals surface area contributed by atoms with Crippen molar-refractivity contribution in [3.05, 3.63) is 23.8 Å². The lowest BCUT2D eigenvalue weighted by atomic mass is 10.1. The fourth-order valence-corrected chi connectivity index (χ4v) is 1.88. The molecule has 1 aromatic rings. The Morgan fingerprint density at radius 2 is 1.73 bits per heavy atom. The number of hydrogen-bond acceptors (Lipinski definition) is 4. The third-order valence-electron chi connectivity index (χ3n) is 2.98. The van der Waals surface area contributed by atoms with Crippen molar-refractivity contribution in [2.45, 2.75) is 26.8 Å². The minimum atomic E-state index is -0.230. The van der Waals surface area contributed by atoms with Crippen LogP contribution in [0.25, 0.3) is 0 Å². The highest BCUT2D eigenvalue weighted by molar-refractivity contribution is 5.84. The van der Waals surface area contributed by atoms with E-state index in [-0.39, 0.29) is 24.3 Å². The van der Waals surface area contributed by atoms with Crippen molar-refractivity contribution in [3.63, 3.8) is 0 Å². The zero-order valence-electron chi connectivity index (χ0n) is 13.6. The van der Waals surface area contributed by atoms with Crippen molar-refractivity contribution in [2.24, 2.45) is 5.92 Å². The molecule has 0 aliphatic rings. The molecule has 0 unspecified atom stereocenters. The van der Waals surface area contributed by atoms with E-state index in [9.17, 15) is 9.59 Å². The molecule has 0 aliphatic carbocycles. The molecule has 1 rings (SSSR count). The first-order valence-electron chi connectivity index (χ1n) is 7.20. The normalized spacial score (nSPS) is 10.2. The first-order chi connectivity index (χ1) is 10.5. The van der Waals surface area contributed by atoms with E-state index in [1.807, 2.05) is 19.9 Å². The Morgan fingerprint density at radius 3 is 2.32 bits per heavy atom. The van der Waals surface area contributed by atoms with Gasteiger partial charge in [-0.25, -0.2) is 0 Å². The number of ether oxygens (including phenoxy) is 2. The summed E-state index contributed by atoms with van der Waals surface area (Å²) in [6, 6.07) is 5.43. The first kappa shape index (κ1) is 17.8. The average molecular weight is 308 g/mol. The smallest absolute Gasteiger partial charge is 0.239 e. The second-order valence-electron chi connectivity index (χ2n) is 5.34. The summed E-state index contributed by atoms with van der Waals surface area (Å²) in [4.78, 5) is 23.2. The number of hydrogen-bond donors (Lipinski definition) is 2. The predicted octanol–water partition coefficient (Wildman–Crippen LogP) is 1.48. The summed E-state index contributed by atoms with van der Waals surface area (Å²) >= 11 is 0. The van der Waals surface area contributed by atoms with Crippen LogP contribution in [0.3, 0.4) is 0 Å². The Bertz CT molecular complexity index is 515. The lowest BCUT2D eigenvalue weighted by Crippen LogP contribution is -2.36. The summed E-state index contributed by atoms with van der Waals surface area (Å²) in [6.07, 6.45) is 0.420. The number of amides is 2. The van der Waals surface area contributed by atoms with Crippen molar-refractivity contribution in [3.8, 4) is 11.5 Å². The minimum Gasteiger partial charge on any atom is -0.493 e. The second kappa shape index (κ2) is 8.92. The molecule has 0 aromatic heterocycles. The molecule has 0 aliphatic heterocycles. The molecule has 122 valence electrons. The lowest BCUT2D eigenvalue weighted by Gasteiger charge is -2.11. The Hall–Kier alpha value is -2.24. The third-order valence-corrected chi connectivity index (χ3v) is 2.98. The van der Waals surface area contributed by atoms with Crippen LogP contribution >= 0.6 is 0 Å². The van der Waals surface area contributed by atoms with Crippen molar-refractivity contribution in [1.82, 2.24) is 10.6 Å². The number of rotatable bonds is 8. The summed E-state index contributed by atoms with van der Waals surface area (Å²) in [6.45, 7) is 4.26. The largest absolute Gasteiger partial charge is 0.493 e. The predicted molar refractivity (Wildman–Crippen MR) is 83.9 cm³/mol. The minimum absolute atomic E-state index is 0.0150. The van der Waals surface area contributed by atoms with E-state index in [4.69, 9.17) is 9.47 Å². The van der Waals surface area contributed by atoms with Gasteiger partial charge in [0.05, 0.1) is 20.8 Å². The van der Waals surface area contributed by atoms with Gasteiger partial charge < -0.3 is 20.1 Å². The van der Waals surface area contributed by atoms with Crippen LogP contribution in [0.15, 0.2) is 18.2 Å². The maximum Gasteiger partial charge on any atom is 0.239 e. The van der Waals surface area contributed by atoms with Crippen LogP contribution in [0.5, 0.6) is 11.5 Å². The number of carbonyl (C=O) groups is 2. The molecular formula is C16H24N2O4. The number of carbonyl (C=O) groups excluding carboxylic acids is 2. The van der Waals surface area contributed by atoms with Crippen LogP contribution < -0.4 is 20.1 Å². The quantitative estimate of drug-likeness (QED) is 0.763. The van der Waals surface area contributed by atoms with E-state index in [1.54, 1.807) is 26.4 Å². The number of benzene rings is 1. The zero-order chi connectivity index (χ0) is 16.5. The average Bonchev–Trinajstić information content (AvgIpc) is 2.49. The van der Waals surface area contributed by atoms with Crippen LogP contribution in [0, 0.1) is 5.92 Å². The summed E-state index contributed by atoms with van der Waals surface area (Å²) in [5.41, 5.74) is 0.888. The van der Waals surface area contributed by atoms with Gasteiger partial charge in [0.2, 0.25) is 11.8 Å². The molecule has 0 fully saturated rings. The fourth-order valence-electron chi connectivity index (χ4n) is 1.88. The molecular weight excluding hydrogens is 284 g/mol. The van der Waals surface area contributed by atoms with Gasteiger partial charge >= 0.3 is 0 Å². The molecule has 6 heteroatoms. The van der Waals surface area contributed by atoms with Crippen LogP contribution in [0.1, 0.15) is 25.8 Å². The Balaban J connectivity index is 2.42. The maximum atomic E-state index is 11.7. The molecule has 0 atom stereocenters. The van der Waals surface area contributed by atoms with E-state index < -0.39 is 0 Å². The van der Waals surface area contributed by atoms with Crippen molar-refractivity contribution >= 4 is 11.8 Å². The van der Waals surface area contributed by atoms with Gasteiger partial charge in [0.1, 0.15) is 0 Å². The molecule has 0 saturated carbocycles. The Kier molecular flexibility index (Phi) is 7.22. The molecule has 2 N–H and O–H groups in total. The van der Waals surface area contributed by atoms with Crippen LogP contribution in [-0.4, -0.2) is 32.6 Å². The lowest BCUT2D eigenvalue weighted by molar-refractivity contribution is -0.126. The Morgan fingerprint density at radius 1 is 1.05 bits per heavy atom. The fraction of sp³-hybridized carbons (Fsp3) is 0.500. The van der Waals surface area contributed by atoms with Crippen molar-refractivity contribution in [2.75, 3.05) is 20.8 Å². The van der Waals surface area contributed by atoms with Gasteiger partial charge in [-0.05, 0) is 23.6 Å². The molecule has 0 radical (unpaired) electrons. The van der Waals surface area contributed by atoms with Gasteiger partial charge in [0.25, 0.3) is 0 Å². The van der Waals surface area contributed by atoms with Gasteiger partial charge in [-0.15, -0.1) is 0 Å². The van der Waals surface area contributed by atoms with E-state index in [0.717, 1.165) is 5.56 Å². The first-order valence-corrected chi connectivity index (χ1v) is 7.20. The van der Waals surface area contributed by atoms with E-state index in [2.05, 4.69) is 10.6 Å². The van der Waals surface area contributed by atoms with Gasteiger partial charge in [0.15, 0.2) is 11.5 Å². The molecule has 1 aromatic carbocycles. The maximum absolute atomic E-state index is 11.7. The van der Waals surface area contributed by atoms with E-state index in [1.165, 1.54) is 0 Å². The third kappa shape index (κ3) is 6.03. The number of nitrogens with one attached hydrogen (secondary N) is 2. The molecule has 6 nitrogen and oxygen atoms in total. The van der Waals surface area contributed by atoms with Crippen LogP contribution in [0.2, 0.25) is 0 Å². The van der Waals surface area contributed by atoms with Gasteiger partial charge in [-0.2, -0.15) is 0 Å². The molecule has 0 spiro atoms. The molecule has 2 amide bonds. The molecule has 0 saturated heterocycles. The summed E-state index contributed by atoms with van der Waals surface area (Å²) in [5.74, 6) is 1.18. The number of methoxy groups -OCH3 is 2. The summed E-state index contributed by atoms with van der Waals surface area (Å²) in [5, 5.41) is 5.34. The van der Waals surface area contributed by atoms with Crippen LogP contribution in [-0.2, 0) is 16.1 Å². The highest BCUT2D eigenvalue weighted by Gasteiger charge is 2.08. The van der Waals surface area contributed by atoms with Crippen molar-refractivity contribution < 1.29 is 19.1 Å². The van der Waals surface area contributed by atoms with Gasteiger partial charge in [-0.3, -0.25) is 9.59 Å². The summed E-state index contributed by atoms with van der Waals surface area (Å²) in [7, 11) is 3.13. The highest BCUT2D eigenvalue weighted by Crippen LogP contribution is 2.27.